The van der Waals surface area contributed by atoms with Crippen LogP contribution in [-0.2, 0) is 0 Å². The van der Waals surface area contributed by atoms with Crippen molar-refractivity contribution in [2.24, 2.45) is 0 Å². The lowest BCUT2D eigenvalue weighted by atomic mass is 10.0. The Labute approximate surface area is 190 Å². The highest BCUT2D eigenvalue weighted by Crippen LogP contribution is 2.33. The van der Waals surface area contributed by atoms with Crippen molar-refractivity contribution >= 4 is 34.8 Å². The fraction of sp³-hybridized carbons (Fsp3) is 0.0370. The van der Waals surface area contributed by atoms with Gasteiger partial charge in [-0.25, -0.2) is 0 Å². The van der Waals surface area contributed by atoms with Crippen LogP contribution >= 0.6 is 22.7 Å². The predicted octanol–water partition coefficient (Wildman–Crippen LogP) is 8.08. The van der Waals surface area contributed by atoms with Gasteiger partial charge in [0.25, 0.3) is 0 Å². The summed E-state index contributed by atoms with van der Waals surface area (Å²) in [4.78, 5) is 12.1. The highest BCUT2D eigenvalue weighted by atomic mass is 32.1. The zero-order chi connectivity index (χ0) is 21.0. The Balaban J connectivity index is 1.59. The summed E-state index contributed by atoms with van der Waals surface area (Å²) in [5.74, 6) is 0. The van der Waals surface area contributed by atoms with Gasteiger partial charge in [-0.1, -0.05) is 54.6 Å². The molecule has 0 spiro atoms. The summed E-state index contributed by atoms with van der Waals surface area (Å²) < 4.78 is 0. The van der Waals surface area contributed by atoms with Crippen molar-refractivity contribution in [3.8, 4) is 32.3 Å². The van der Waals surface area contributed by atoms with Gasteiger partial charge in [0.05, 0.1) is 16.3 Å². The van der Waals surface area contributed by atoms with Gasteiger partial charge < -0.3 is 0 Å². The van der Waals surface area contributed by atoms with E-state index < -0.39 is 0 Å². The van der Waals surface area contributed by atoms with Crippen molar-refractivity contribution in [3.05, 3.63) is 107 Å². The van der Waals surface area contributed by atoms with E-state index in [2.05, 4.69) is 90.5 Å². The summed E-state index contributed by atoms with van der Waals surface area (Å²) in [6.45, 7) is 2.12. The van der Waals surface area contributed by atoms with E-state index in [0.717, 1.165) is 39.2 Å². The van der Waals surface area contributed by atoms with Gasteiger partial charge in [0.2, 0.25) is 0 Å². The second kappa shape index (κ2) is 8.80. The predicted molar refractivity (Wildman–Crippen MR) is 134 cm³/mol. The van der Waals surface area contributed by atoms with E-state index in [4.69, 9.17) is 9.97 Å². The van der Waals surface area contributed by atoms with E-state index in [-0.39, 0.29) is 0 Å². The van der Waals surface area contributed by atoms with E-state index in [0.29, 0.717) is 0 Å². The Bertz CT molecular complexity index is 1320. The molecule has 0 radical (unpaired) electrons. The van der Waals surface area contributed by atoms with Gasteiger partial charge >= 0.3 is 0 Å². The topological polar surface area (TPSA) is 25.8 Å². The van der Waals surface area contributed by atoms with Crippen LogP contribution in [0.1, 0.15) is 16.7 Å². The zero-order valence-electron chi connectivity index (χ0n) is 17.0. The Morgan fingerprint density at radius 1 is 0.677 bits per heavy atom. The summed E-state index contributed by atoms with van der Waals surface area (Å²) in [5.41, 5.74) is 7.55. The molecule has 0 saturated heterocycles. The lowest BCUT2D eigenvalue weighted by Gasteiger charge is -2.10. The molecule has 2 nitrogen and oxygen atoms in total. The molecule has 0 amide bonds. The lowest BCUT2D eigenvalue weighted by Crippen LogP contribution is -1.93. The van der Waals surface area contributed by atoms with Gasteiger partial charge in [-0.05, 0) is 53.1 Å². The maximum Gasteiger partial charge on any atom is 0.0831 e. The standard InChI is InChI=1S/C27H20N2S2/c1-19-15-23(18-28-26(19)25-10-6-14-31-25)27-21(12-11-20-7-3-2-4-8-20)16-22(17-29-27)24-9-5-13-30-24/h2-18H,1H3. The monoisotopic (exact) mass is 436 g/mol. The van der Waals surface area contributed by atoms with Gasteiger partial charge in [-0.15, -0.1) is 22.7 Å². The zero-order valence-corrected chi connectivity index (χ0v) is 18.7. The first-order valence-electron chi connectivity index (χ1n) is 10.1. The summed E-state index contributed by atoms with van der Waals surface area (Å²) in [5, 5.41) is 4.18. The van der Waals surface area contributed by atoms with Crippen LogP contribution < -0.4 is 0 Å². The number of pyridine rings is 2. The molecule has 31 heavy (non-hydrogen) atoms. The molecule has 0 saturated carbocycles. The third-order valence-electron chi connectivity index (χ3n) is 5.08. The van der Waals surface area contributed by atoms with Crippen LogP contribution in [-0.4, -0.2) is 9.97 Å². The average Bonchev–Trinajstić information content (AvgIpc) is 3.53. The number of thiophene rings is 2. The molecular weight excluding hydrogens is 416 g/mol. The van der Waals surface area contributed by atoms with E-state index in [1.807, 2.05) is 18.5 Å². The highest BCUT2D eigenvalue weighted by Gasteiger charge is 2.12. The van der Waals surface area contributed by atoms with E-state index in [1.54, 1.807) is 22.7 Å². The van der Waals surface area contributed by atoms with Crippen LogP contribution in [0.4, 0.5) is 0 Å². The van der Waals surface area contributed by atoms with Crippen LogP contribution in [0.15, 0.2) is 89.9 Å². The lowest BCUT2D eigenvalue weighted by molar-refractivity contribution is 1.25. The Kier molecular flexibility index (Phi) is 5.57. The van der Waals surface area contributed by atoms with Crippen molar-refractivity contribution in [3.63, 3.8) is 0 Å². The smallest absolute Gasteiger partial charge is 0.0831 e. The first-order chi connectivity index (χ1) is 15.3. The molecule has 4 heterocycles. The quantitative estimate of drug-likeness (QED) is 0.278. The summed E-state index contributed by atoms with van der Waals surface area (Å²) in [7, 11) is 0. The normalized spacial score (nSPS) is 11.3. The van der Waals surface area contributed by atoms with Crippen molar-refractivity contribution in [1.82, 2.24) is 9.97 Å². The second-order valence-electron chi connectivity index (χ2n) is 7.25. The van der Waals surface area contributed by atoms with Crippen molar-refractivity contribution in [2.75, 3.05) is 0 Å². The number of aryl methyl sites for hydroxylation is 1. The van der Waals surface area contributed by atoms with Gasteiger partial charge in [-0.2, -0.15) is 0 Å². The van der Waals surface area contributed by atoms with E-state index in [1.165, 1.54) is 9.75 Å². The molecule has 0 N–H and O–H groups in total. The highest BCUT2D eigenvalue weighted by molar-refractivity contribution is 7.13. The molecule has 0 aliphatic carbocycles. The third kappa shape index (κ3) is 4.26. The Hall–Kier alpha value is -3.34. The minimum absolute atomic E-state index is 0.945. The van der Waals surface area contributed by atoms with E-state index >= 15 is 0 Å². The largest absolute Gasteiger partial charge is 0.255 e. The number of rotatable bonds is 5. The molecule has 0 aliphatic heterocycles. The van der Waals surface area contributed by atoms with Gasteiger partial charge in [0, 0.05) is 34.0 Å². The molecule has 0 bridgehead atoms. The number of nitrogens with zero attached hydrogens (tertiary/aromatic N) is 2. The fourth-order valence-electron chi connectivity index (χ4n) is 3.55. The van der Waals surface area contributed by atoms with Gasteiger partial charge in [0.15, 0.2) is 0 Å². The molecule has 0 atom stereocenters. The van der Waals surface area contributed by atoms with Gasteiger partial charge in [-0.3, -0.25) is 9.97 Å². The molecule has 4 heteroatoms. The molecule has 150 valence electrons. The van der Waals surface area contributed by atoms with Crippen molar-refractivity contribution in [1.29, 1.82) is 0 Å². The maximum absolute atomic E-state index is 4.87. The maximum atomic E-state index is 4.87. The number of hydrogen-bond acceptors (Lipinski definition) is 4. The van der Waals surface area contributed by atoms with Crippen LogP contribution in [0.5, 0.6) is 0 Å². The van der Waals surface area contributed by atoms with E-state index in [9.17, 15) is 0 Å². The molecule has 1 aromatic carbocycles. The minimum Gasteiger partial charge on any atom is -0.255 e. The van der Waals surface area contributed by atoms with Crippen LogP contribution in [0.25, 0.3) is 44.4 Å². The molecule has 5 rings (SSSR count). The van der Waals surface area contributed by atoms with Crippen molar-refractivity contribution < 1.29 is 0 Å². The third-order valence-corrected chi connectivity index (χ3v) is 6.88. The average molecular weight is 437 g/mol. The molecule has 4 aromatic heterocycles. The summed E-state index contributed by atoms with van der Waals surface area (Å²) in [6, 6.07) is 23.1. The Morgan fingerprint density at radius 3 is 2.10 bits per heavy atom. The second-order valence-corrected chi connectivity index (χ2v) is 9.15. The number of benzene rings is 1. The molecule has 0 fully saturated rings. The fourth-order valence-corrected chi connectivity index (χ4v) is 5.05. The summed E-state index contributed by atoms with van der Waals surface area (Å²) in [6.07, 6.45) is 8.19. The molecule has 0 aliphatic rings. The first kappa shape index (κ1) is 19.6. The first-order valence-corrected chi connectivity index (χ1v) is 11.8. The van der Waals surface area contributed by atoms with Crippen molar-refractivity contribution in [2.45, 2.75) is 6.92 Å². The number of aromatic nitrogens is 2. The minimum atomic E-state index is 0.945. The molecule has 0 unspecified atom stereocenters. The molecule has 5 aromatic rings. The Morgan fingerprint density at radius 2 is 1.39 bits per heavy atom. The van der Waals surface area contributed by atoms with Crippen LogP contribution in [0, 0.1) is 6.92 Å². The molecular formula is C27H20N2S2. The van der Waals surface area contributed by atoms with Gasteiger partial charge in [0.1, 0.15) is 0 Å². The van der Waals surface area contributed by atoms with Crippen LogP contribution in [0.3, 0.4) is 0 Å². The summed E-state index contributed by atoms with van der Waals surface area (Å²) >= 11 is 3.44. The number of hydrogen-bond donors (Lipinski definition) is 0. The SMILES string of the molecule is Cc1cc(-c2ncc(-c3cccs3)cc2C=Cc2ccccc2)cnc1-c1cccs1. The van der Waals surface area contributed by atoms with Crippen LogP contribution in [0.2, 0.25) is 0 Å².